The van der Waals surface area contributed by atoms with Gasteiger partial charge < -0.3 is 13.3 Å². The first kappa shape index (κ1) is 16.8. The molecule has 0 aliphatic rings. The van der Waals surface area contributed by atoms with Gasteiger partial charge in [0, 0.05) is 25.9 Å². The van der Waals surface area contributed by atoms with Crippen LogP contribution in [0.2, 0.25) is 6.04 Å². The Morgan fingerprint density at radius 3 is 1.76 bits per heavy atom. The fourth-order valence-electron chi connectivity index (χ4n) is 1.64. The summed E-state index contributed by atoms with van der Waals surface area (Å²) < 4.78 is 17.4. The van der Waals surface area contributed by atoms with E-state index in [2.05, 4.69) is 19.9 Å². The summed E-state index contributed by atoms with van der Waals surface area (Å²) in [6.45, 7) is 12.3. The van der Waals surface area contributed by atoms with Crippen molar-refractivity contribution >= 4 is 8.80 Å². The first-order valence-electron chi connectivity index (χ1n) is 6.71. The maximum Gasteiger partial charge on any atom is 0.501 e. The van der Waals surface area contributed by atoms with Gasteiger partial charge in [-0.3, -0.25) is 0 Å². The van der Waals surface area contributed by atoms with Crippen molar-refractivity contribution in [2.45, 2.75) is 53.5 Å². The minimum absolute atomic E-state index is 0.655. The molecule has 0 unspecified atom stereocenters. The highest BCUT2D eigenvalue weighted by atomic mass is 28.4. The van der Waals surface area contributed by atoms with Crippen LogP contribution >= 0.6 is 0 Å². The molecule has 0 heterocycles. The lowest BCUT2D eigenvalue weighted by Crippen LogP contribution is -2.45. The zero-order valence-corrected chi connectivity index (χ0v) is 13.0. The number of rotatable bonds is 10. The van der Waals surface area contributed by atoms with Crippen LogP contribution in [0, 0.1) is 0 Å². The van der Waals surface area contributed by atoms with Gasteiger partial charge in [0.1, 0.15) is 0 Å². The van der Waals surface area contributed by atoms with Crippen LogP contribution in [0.5, 0.6) is 0 Å². The van der Waals surface area contributed by atoms with E-state index < -0.39 is 8.80 Å². The topological polar surface area (TPSA) is 27.7 Å². The summed E-state index contributed by atoms with van der Waals surface area (Å²) >= 11 is 0. The van der Waals surface area contributed by atoms with Gasteiger partial charge in [-0.15, -0.1) is 0 Å². The molecule has 17 heavy (non-hydrogen) atoms. The van der Waals surface area contributed by atoms with E-state index >= 15 is 0 Å². The molecule has 3 nitrogen and oxygen atoms in total. The summed E-state index contributed by atoms with van der Waals surface area (Å²) in [4.78, 5) is 0. The molecule has 0 fully saturated rings. The van der Waals surface area contributed by atoms with Gasteiger partial charge in [0.05, 0.1) is 0 Å². The van der Waals surface area contributed by atoms with Crippen molar-refractivity contribution in [1.82, 2.24) is 0 Å². The van der Waals surface area contributed by atoms with E-state index in [0.29, 0.717) is 19.8 Å². The van der Waals surface area contributed by atoms with E-state index in [-0.39, 0.29) is 0 Å². The Hall–Kier alpha value is -0.163. The van der Waals surface area contributed by atoms with Crippen LogP contribution in [0.15, 0.2) is 11.6 Å². The van der Waals surface area contributed by atoms with Crippen LogP contribution < -0.4 is 0 Å². The fraction of sp³-hybridized carbons (Fsp3) is 0.846. The van der Waals surface area contributed by atoms with Crippen molar-refractivity contribution in [1.29, 1.82) is 0 Å². The maximum atomic E-state index is 5.79. The normalized spacial score (nSPS) is 13.1. The summed E-state index contributed by atoms with van der Waals surface area (Å²) in [5, 5.41) is 0. The first-order chi connectivity index (χ1) is 8.14. The largest absolute Gasteiger partial charge is 0.501 e. The molecule has 0 N–H and O–H groups in total. The summed E-state index contributed by atoms with van der Waals surface area (Å²) in [6, 6.07) is 0.875. The monoisotopic (exact) mass is 260 g/mol. The quantitative estimate of drug-likeness (QED) is 0.442. The van der Waals surface area contributed by atoms with E-state index in [1.54, 1.807) is 0 Å². The molecule has 4 heteroatoms. The van der Waals surface area contributed by atoms with Crippen LogP contribution in [0.1, 0.15) is 47.5 Å². The summed E-state index contributed by atoms with van der Waals surface area (Å²) in [6.07, 6.45) is 4.34. The second-order valence-electron chi connectivity index (χ2n) is 3.92. The number of hydrogen-bond donors (Lipinski definition) is 0. The molecular formula is C13H28O3Si. The summed E-state index contributed by atoms with van der Waals surface area (Å²) in [5.74, 6) is 0. The van der Waals surface area contributed by atoms with E-state index in [9.17, 15) is 0 Å². The van der Waals surface area contributed by atoms with Crippen LogP contribution in [0.3, 0.4) is 0 Å². The van der Waals surface area contributed by atoms with Crippen molar-refractivity contribution in [2.75, 3.05) is 19.8 Å². The Balaban J connectivity index is 4.43. The van der Waals surface area contributed by atoms with Gasteiger partial charge >= 0.3 is 8.80 Å². The van der Waals surface area contributed by atoms with E-state index in [0.717, 1.165) is 18.9 Å². The SMILES string of the molecule is CCO[Si](CCC=C(C)CC)(OCC)OCC. The van der Waals surface area contributed by atoms with Crippen LogP contribution in [0.4, 0.5) is 0 Å². The van der Waals surface area contributed by atoms with Gasteiger partial charge in [-0.25, -0.2) is 0 Å². The van der Waals surface area contributed by atoms with Gasteiger partial charge in [-0.05, 0) is 40.5 Å². The highest BCUT2D eigenvalue weighted by Gasteiger charge is 2.39. The molecule has 0 saturated heterocycles. The van der Waals surface area contributed by atoms with E-state index in [1.807, 2.05) is 20.8 Å². The van der Waals surface area contributed by atoms with Gasteiger partial charge in [0.25, 0.3) is 0 Å². The zero-order chi connectivity index (χ0) is 13.1. The Labute approximate surface area is 108 Å². The summed E-state index contributed by atoms with van der Waals surface area (Å²) in [5.41, 5.74) is 1.41. The van der Waals surface area contributed by atoms with E-state index in [4.69, 9.17) is 13.3 Å². The Kier molecular flexibility index (Phi) is 9.73. The van der Waals surface area contributed by atoms with Crippen molar-refractivity contribution in [3.63, 3.8) is 0 Å². The molecule has 0 amide bonds. The number of allylic oxidation sites excluding steroid dienone is 2. The molecule has 0 aromatic carbocycles. The first-order valence-corrected chi connectivity index (χ1v) is 8.64. The highest BCUT2D eigenvalue weighted by molar-refractivity contribution is 6.60. The third kappa shape index (κ3) is 6.98. The molecule has 0 aromatic heterocycles. The molecule has 0 rings (SSSR count). The average Bonchev–Trinajstić information content (AvgIpc) is 2.30. The highest BCUT2D eigenvalue weighted by Crippen LogP contribution is 2.19. The van der Waals surface area contributed by atoms with Gasteiger partial charge in [0.2, 0.25) is 0 Å². The van der Waals surface area contributed by atoms with Crippen LogP contribution in [-0.2, 0) is 13.3 Å². The minimum Gasteiger partial charge on any atom is -0.374 e. The molecule has 0 bridgehead atoms. The lowest BCUT2D eigenvalue weighted by atomic mass is 10.2. The molecule has 102 valence electrons. The molecule has 0 radical (unpaired) electrons. The Morgan fingerprint density at radius 2 is 1.41 bits per heavy atom. The Morgan fingerprint density at radius 1 is 0.941 bits per heavy atom. The fourth-order valence-corrected chi connectivity index (χ4v) is 4.14. The third-order valence-electron chi connectivity index (χ3n) is 2.59. The van der Waals surface area contributed by atoms with Crippen molar-refractivity contribution in [3.8, 4) is 0 Å². The molecule has 0 aliphatic heterocycles. The Bertz CT molecular complexity index is 200. The van der Waals surface area contributed by atoms with Gasteiger partial charge in [-0.2, -0.15) is 0 Å². The predicted molar refractivity (Wildman–Crippen MR) is 74.1 cm³/mol. The maximum absolute atomic E-state index is 5.79. The van der Waals surface area contributed by atoms with E-state index in [1.165, 1.54) is 5.57 Å². The third-order valence-corrected chi connectivity index (χ3v) is 5.68. The van der Waals surface area contributed by atoms with Gasteiger partial charge in [0.15, 0.2) is 0 Å². The second kappa shape index (κ2) is 9.83. The number of hydrogen-bond acceptors (Lipinski definition) is 3. The average molecular weight is 260 g/mol. The second-order valence-corrected chi connectivity index (χ2v) is 6.66. The van der Waals surface area contributed by atoms with Crippen molar-refractivity contribution in [2.24, 2.45) is 0 Å². The predicted octanol–water partition coefficient (Wildman–Crippen LogP) is 3.78. The summed E-state index contributed by atoms with van der Waals surface area (Å²) in [7, 11) is -2.42. The molecule has 0 aliphatic carbocycles. The standard InChI is InChI=1S/C13H28O3Si/c1-6-13(5)11-10-12-17(14-7-2,15-8-3)16-9-4/h11H,6-10,12H2,1-5H3. The molecule has 0 atom stereocenters. The zero-order valence-electron chi connectivity index (χ0n) is 12.0. The smallest absolute Gasteiger partial charge is 0.374 e. The molecule has 0 aromatic rings. The van der Waals surface area contributed by atoms with Crippen molar-refractivity contribution in [3.05, 3.63) is 11.6 Å². The van der Waals surface area contributed by atoms with Crippen LogP contribution in [0.25, 0.3) is 0 Å². The molecular weight excluding hydrogens is 232 g/mol. The van der Waals surface area contributed by atoms with Gasteiger partial charge in [-0.1, -0.05) is 18.6 Å². The molecule has 0 spiro atoms. The lowest BCUT2D eigenvalue weighted by molar-refractivity contribution is 0.0716. The minimum atomic E-state index is -2.42. The van der Waals surface area contributed by atoms with Crippen molar-refractivity contribution < 1.29 is 13.3 Å². The lowest BCUT2D eigenvalue weighted by Gasteiger charge is -2.28. The molecule has 0 saturated carbocycles. The van der Waals surface area contributed by atoms with Crippen LogP contribution in [-0.4, -0.2) is 28.6 Å².